The van der Waals surface area contributed by atoms with Gasteiger partial charge in [0.2, 0.25) is 5.88 Å². The van der Waals surface area contributed by atoms with E-state index in [1.807, 2.05) is 13.0 Å². The zero-order chi connectivity index (χ0) is 14.8. The number of primary amides is 1. The summed E-state index contributed by atoms with van der Waals surface area (Å²) in [6.45, 7) is 2.42. The number of nitrogens with two attached hydrogens (primary N) is 1. The summed E-state index contributed by atoms with van der Waals surface area (Å²) in [7, 11) is 0. The van der Waals surface area contributed by atoms with Crippen molar-refractivity contribution in [3.05, 3.63) is 35.9 Å². The molecule has 2 heterocycles. The van der Waals surface area contributed by atoms with Crippen molar-refractivity contribution in [3.63, 3.8) is 0 Å². The normalized spacial score (nSPS) is 14.0. The summed E-state index contributed by atoms with van der Waals surface area (Å²) >= 11 is 0. The van der Waals surface area contributed by atoms with Crippen molar-refractivity contribution < 1.29 is 9.53 Å². The van der Waals surface area contributed by atoms with E-state index in [9.17, 15) is 4.79 Å². The van der Waals surface area contributed by atoms with Crippen LogP contribution in [0, 0.1) is 0 Å². The summed E-state index contributed by atoms with van der Waals surface area (Å²) in [5.41, 5.74) is 8.13. The van der Waals surface area contributed by atoms with Gasteiger partial charge in [0.15, 0.2) is 0 Å². The van der Waals surface area contributed by atoms with E-state index in [-0.39, 0.29) is 0 Å². The highest BCUT2D eigenvalue weighted by molar-refractivity contribution is 5.93. The topological polar surface area (TPSA) is 91.0 Å². The first-order valence-corrected chi connectivity index (χ1v) is 6.94. The second kappa shape index (κ2) is 5.47. The van der Waals surface area contributed by atoms with Crippen LogP contribution in [-0.2, 0) is 0 Å². The molecule has 0 unspecified atom stereocenters. The summed E-state index contributed by atoms with van der Waals surface area (Å²) in [5, 5.41) is 0. The third-order valence-electron chi connectivity index (χ3n) is 3.37. The van der Waals surface area contributed by atoms with E-state index < -0.39 is 5.91 Å². The number of pyridine rings is 1. The predicted molar refractivity (Wildman–Crippen MR) is 76.9 cm³/mol. The number of ether oxygens (including phenoxy) is 1. The second-order valence-corrected chi connectivity index (χ2v) is 4.98. The van der Waals surface area contributed by atoms with E-state index in [1.165, 1.54) is 0 Å². The third-order valence-corrected chi connectivity index (χ3v) is 3.37. The molecule has 2 aromatic rings. The maximum absolute atomic E-state index is 11.5. The zero-order valence-corrected chi connectivity index (χ0v) is 11.7. The number of aromatic nitrogens is 3. The van der Waals surface area contributed by atoms with Crippen LogP contribution >= 0.6 is 0 Å². The minimum atomic E-state index is -0.488. The lowest BCUT2D eigenvalue weighted by Crippen LogP contribution is -2.15. The van der Waals surface area contributed by atoms with Crippen LogP contribution in [0.4, 0.5) is 0 Å². The molecule has 1 aliphatic rings. The fourth-order valence-corrected chi connectivity index (χ4v) is 2.24. The summed E-state index contributed by atoms with van der Waals surface area (Å²) in [5.74, 6) is 0.363. The molecule has 1 saturated carbocycles. The number of hydrogen-bond acceptors (Lipinski definition) is 5. The van der Waals surface area contributed by atoms with Gasteiger partial charge in [-0.25, -0.2) is 4.98 Å². The van der Waals surface area contributed by atoms with Gasteiger partial charge in [0, 0.05) is 11.8 Å². The highest BCUT2D eigenvalue weighted by Gasteiger charge is 2.28. The zero-order valence-electron chi connectivity index (χ0n) is 11.7. The Labute approximate surface area is 122 Å². The van der Waals surface area contributed by atoms with Crippen LogP contribution in [0.15, 0.2) is 24.7 Å². The van der Waals surface area contributed by atoms with E-state index in [0.717, 1.165) is 24.0 Å². The fraction of sp³-hybridized carbons (Fsp3) is 0.333. The largest absolute Gasteiger partial charge is 0.477 e. The van der Waals surface area contributed by atoms with Crippen LogP contribution in [0.25, 0.3) is 11.3 Å². The van der Waals surface area contributed by atoms with Gasteiger partial charge < -0.3 is 10.5 Å². The summed E-state index contributed by atoms with van der Waals surface area (Å²) < 4.78 is 5.35. The van der Waals surface area contributed by atoms with Crippen molar-refractivity contribution >= 4 is 5.91 Å². The number of carbonyl (C=O) groups excluding carboxylic acids is 1. The van der Waals surface area contributed by atoms with E-state index in [2.05, 4.69) is 15.0 Å². The van der Waals surface area contributed by atoms with E-state index >= 15 is 0 Å². The number of rotatable bonds is 5. The Bertz CT molecular complexity index is 683. The van der Waals surface area contributed by atoms with E-state index in [1.54, 1.807) is 18.6 Å². The fourth-order valence-electron chi connectivity index (χ4n) is 2.24. The molecule has 21 heavy (non-hydrogen) atoms. The SMILES string of the molecule is CCOc1cncc(-c2cnc(C(N)=O)c(C3CC3)c2)n1. The van der Waals surface area contributed by atoms with Crippen molar-refractivity contribution in [1.29, 1.82) is 0 Å². The monoisotopic (exact) mass is 284 g/mol. The van der Waals surface area contributed by atoms with Crippen LogP contribution in [0.1, 0.15) is 41.7 Å². The molecule has 0 spiro atoms. The Balaban J connectivity index is 2.00. The molecule has 1 fully saturated rings. The molecular formula is C15H16N4O2. The molecule has 0 aliphatic heterocycles. The molecule has 6 nitrogen and oxygen atoms in total. The lowest BCUT2D eigenvalue weighted by molar-refractivity contribution is 0.0994. The highest BCUT2D eigenvalue weighted by atomic mass is 16.5. The van der Waals surface area contributed by atoms with Gasteiger partial charge in [0.05, 0.1) is 24.7 Å². The summed E-state index contributed by atoms with van der Waals surface area (Å²) in [4.78, 5) is 24.2. The van der Waals surface area contributed by atoms with Crippen LogP contribution < -0.4 is 10.5 Å². The predicted octanol–water partition coefficient (Wildman–Crippen LogP) is 1.91. The molecule has 0 radical (unpaired) electrons. The van der Waals surface area contributed by atoms with Gasteiger partial charge in [-0.05, 0) is 37.3 Å². The standard InChI is InChI=1S/C15H16N4O2/c1-2-21-13-8-17-7-12(19-13)10-5-11(9-3-4-9)14(15(16)20)18-6-10/h5-9H,2-4H2,1H3,(H2,16,20). The first-order valence-electron chi connectivity index (χ1n) is 6.94. The average Bonchev–Trinajstić information content (AvgIpc) is 3.32. The number of hydrogen-bond donors (Lipinski definition) is 1. The number of carbonyl (C=O) groups is 1. The van der Waals surface area contributed by atoms with Crippen LogP contribution in [0.2, 0.25) is 0 Å². The Morgan fingerprint density at radius 2 is 2.19 bits per heavy atom. The van der Waals surface area contributed by atoms with Crippen molar-refractivity contribution in [3.8, 4) is 17.1 Å². The van der Waals surface area contributed by atoms with Gasteiger partial charge in [-0.2, -0.15) is 0 Å². The Kier molecular flexibility index (Phi) is 3.51. The van der Waals surface area contributed by atoms with Crippen molar-refractivity contribution in [2.75, 3.05) is 6.61 Å². The van der Waals surface area contributed by atoms with E-state index in [0.29, 0.717) is 29.8 Å². The van der Waals surface area contributed by atoms with Crippen molar-refractivity contribution in [2.45, 2.75) is 25.7 Å². The van der Waals surface area contributed by atoms with Crippen molar-refractivity contribution in [2.24, 2.45) is 5.73 Å². The summed E-state index contributed by atoms with van der Waals surface area (Å²) in [6, 6.07) is 1.94. The first-order chi connectivity index (χ1) is 10.2. The van der Waals surface area contributed by atoms with Gasteiger partial charge in [0.1, 0.15) is 5.69 Å². The quantitative estimate of drug-likeness (QED) is 0.905. The van der Waals surface area contributed by atoms with Crippen LogP contribution in [0.5, 0.6) is 5.88 Å². The van der Waals surface area contributed by atoms with E-state index in [4.69, 9.17) is 10.5 Å². The lowest BCUT2D eigenvalue weighted by atomic mass is 10.0. The minimum Gasteiger partial charge on any atom is -0.477 e. The van der Waals surface area contributed by atoms with Gasteiger partial charge in [-0.15, -0.1) is 0 Å². The maximum atomic E-state index is 11.5. The smallest absolute Gasteiger partial charge is 0.267 e. The highest BCUT2D eigenvalue weighted by Crippen LogP contribution is 2.42. The molecule has 0 bridgehead atoms. The molecule has 6 heteroatoms. The Hall–Kier alpha value is -2.50. The van der Waals surface area contributed by atoms with Crippen LogP contribution in [-0.4, -0.2) is 27.5 Å². The first kappa shape index (κ1) is 13.5. The average molecular weight is 284 g/mol. The molecular weight excluding hydrogens is 268 g/mol. The third kappa shape index (κ3) is 2.84. The summed E-state index contributed by atoms with van der Waals surface area (Å²) in [6.07, 6.45) is 6.96. The number of amides is 1. The molecule has 3 rings (SSSR count). The molecule has 0 atom stereocenters. The maximum Gasteiger partial charge on any atom is 0.267 e. The molecule has 108 valence electrons. The minimum absolute atomic E-state index is 0.357. The Morgan fingerprint density at radius 1 is 1.38 bits per heavy atom. The number of nitrogens with zero attached hydrogens (tertiary/aromatic N) is 3. The second-order valence-electron chi connectivity index (χ2n) is 4.98. The molecule has 1 amide bonds. The van der Waals surface area contributed by atoms with Gasteiger partial charge in [0.25, 0.3) is 5.91 Å². The Morgan fingerprint density at radius 3 is 2.86 bits per heavy atom. The molecule has 0 aromatic carbocycles. The van der Waals surface area contributed by atoms with Crippen LogP contribution in [0.3, 0.4) is 0 Å². The van der Waals surface area contributed by atoms with Gasteiger partial charge in [-0.3, -0.25) is 14.8 Å². The molecule has 2 N–H and O–H groups in total. The lowest BCUT2D eigenvalue weighted by Gasteiger charge is -2.08. The van der Waals surface area contributed by atoms with Crippen molar-refractivity contribution in [1.82, 2.24) is 15.0 Å². The molecule has 0 saturated heterocycles. The van der Waals surface area contributed by atoms with Gasteiger partial charge in [-0.1, -0.05) is 0 Å². The molecule has 1 aliphatic carbocycles. The molecule has 2 aromatic heterocycles. The van der Waals surface area contributed by atoms with Gasteiger partial charge >= 0.3 is 0 Å².